The number of hydrogen-bond acceptors (Lipinski definition) is 3. The molecule has 0 radical (unpaired) electrons. The average molecular weight is 305 g/mol. The molecule has 0 fully saturated rings. The highest BCUT2D eigenvalue weighted by Gasteiger charge is 2.16. The number of methoxy groups -OCH3 is 1. The maximum atomic E-state index is 11.6. The molecule has 0 saturated heterocycles. The van der Waals surface area contributed by atoms with Crippen molar-refractivity contribution < 1.29 is 13.9 Å². The maximum Gasteiger partial charge on any atom is 0.167 e. The Bertz CT molecular complexity index is 1040. The third-order valence-electron chi connectivity index (χ3n) is 4.17. The molecule has 0 amide bonds. The predicted octanol–water partition coefficient (Wildman–Crippen LogP) is 4.48. The minimum Gasteiger partial charge on any atom is -0.497 e. The Balaban J connectivity index is 1.98. The number of nitrogens with zero attached hydrogens (tertiary/aromatic N) is 1. The fourth-order valence-electron chi connectivity index (χ4n) is 2.95. The zero-order chi connectivity index (χ0) is 16.0. The van der Waals surface area contributed by atoms with Crippen LogP contribution in [0.4, 0.5) is 0 Å². The van der Waals surface area contributed by atoms with E-state index in [9.17, 15) is 4.79 Å². The summed E-state index contributed by atoms with van der Waals surface area (Å²) in [6.45, 7) is 2.02. The molecule has 0 aliphatic heterocycles. The average Bonchev–Trinajstić information content (AvgIpc) is 3.15. The quantitative estimate of drug-likeness (QED) is 0.524. The Morgan fingerprint density at radius 2 is 2.04 bits per heavy atom. The van der Waals surface area contributed by atoms with Gasteiger partial charge in [0, 0.05) is 28.7 Å². The standard InChI is InChI=1S/C19H15NO3/c1-12-4-3-7-20-16(12)10-15(17(20)11-21)19-8-13-5-6-14(22-2)9-18(13)23-19/h3-11H,1-2H3. The Labute approximate surface area is 132 Å². The van der Waals surface area contributed by atoms with Gasteiger partial charge >= 0.3 is 0 Å². The van der Waals surface area contributed by atoms with Crippen molar-refractivity contribution in [1.82, 2.24) is 4.40 Å². The summed E-state index contributed by atoms with van der Waals surface area (Å²) in [4.78, 5) is 11.6. The van der Waals surface area contributed by atoms with E-state index in [0.29, 0.717) is 11.5 Å². The predicted molar refractivity (Wildman–Crippen MR) is 89.3 cm³/mol. The summed E-state index contributed by atoms with van der Waals surface area (Å²) in [5.74, 6) is 1.42. The molecule has 0 aliphatic rings. The van der Waals surface area contributed by atoms with E-state index < -0.39 is 0 Å². The van der Waals surface area contributed by atoms with Crippen LogP contribution in [-0.4, -0.2) is 17.8 Å². The van der Waals surface area contributed by atoms with E-state index in [1.807, 2.05) is 60.0 Å². The van der Waals surface area contributed by atoms with Crippen molar-refractivity contribution in [2.24, 2.45) is 0 Å². The molecular formula is C19H15NO3. The van der Waals surface area contributed by atoms with Crippen LogP contribution in [0.25, 0.3) is 27.8 Å². The van der Waals surface area contributed by atoms with Gasteiger partial charge in [0.15, 0.2) is 6.29 Å². The van der Waals surface area contributed by atoms with Gasteiger partial charge in [-0.05, 0) is 42.8 Å². The zero-order valence-corrected chi connectivity index (χ0v) is 12.9. The van der Waals surface area contributed by atoms with Gasteiger partial charge in [-0.25, -0.2) is 0 Å². The molecule has 4 heteroatoms. The summed E-state index contributed by atoms with van der Waals surface area (Å²) in [6, 6.07) is 13.6. The largest absolute Gasteiger partial charge is 0.497 e. The van der Waals surface area contributed by atoms with Crippen LogP contribution in [0.15, 0.2) is 53.1 Å². The maximum absolute atomic E-state index is 11.6. The van der Waals surface area contributed by atoms with Crippen LogP contribution in [0.3, 0.4) is 0 Å². The van der Waals surface area contributed by atoms with Crippen LogP contribution in [0, 0.1) is 6.92 Å². The van der Waals surface area contributed by atoms with E-state index in [-0.39, 0.29) is 0 Å². The number of aryl methyl sites for hydroxylation is 1. The highest BCUT2D eigenvalue weighted by molar-refractivity contribution is 5.92. The number of pyridine rings is 1. The van der Waals surface area contributed by atoms with Crippen molar-refractivity contribution in [3.8, 4) is 17.1 Å². The molecule has 0 unspecified atom stereocenters. The molecule has 114 valence electrons. The number of benzene rings is 1. The lowest BCUT2D eigenvalue weighted by molar-refractivity contribution is 0.111. The van der Waals surface area contributed by atoms with Crippen molar-refractivity contribution in [2.75, 3.05) is 7.11 Å². The second-order valence-corrected chi connectivity index (χ2v) is 5.52. The number of aldehydes is 1. The smallest absolute Gasteiger partial charge is 0.167 e. The van der Waals surface area contributed by atoms with Gasteiger partial charge < -0.3 is 13.6 Å². The number of hydrogen-bond donors (Lipinski definition) is 0. The number of aromatic nitrogens is 1. The number of furan rings is 1. The van der Waals surface area contributed by atoms with Crippen LogP contribution < -0.4 is 4.74 Å². The summed E-state index contributed by atoms with van der Waals surface area (Å²) in [5.41, 5.74) is 4.24. The van der Waals surface area contributed by atoms with E-state index >= 15 is 0 Å². The van der Waals surface area contributed by atoms with E-state index in [1.54, 1.807) is 7.11 Å². The summed E-state index contributed by atoms with van der Waals surface area (Å²) in [6.07, 6.45) is 2.76. The summed E-state index contributed by atoms with van der Waals surface area (Å²) in [7, 11) is 1.62. The first-order valence-corrected chi connectivity index (χ1v) is 7.35. The molecule has 1 aromatic carbocycles. The lowest BCUT2D eigenvalue weighted by atomic mass is 10.1. The van der Waals surface area contributed by atoms with Gasteiger partial charge in [-0.1, -0.05) is 6.07 Å². The molecule has 23 heavy (non-hydrogen) atoms. The second kappa shape index (κ2) is 5.02. The van der Waals surface area contributed by atoms with Crippen molar-refractivity contribution in [3.05, 3.63) is 59.9 Å². The second-order valence-electron chi connectivity index (χ2n) is 5.52. The number of carbonyl (C=O) groups is 1. The molecule has 0 atom stereocenters. The lowest BCUT2D eigenvalue weighted by Crippen LogP contribution is -1.92. The van der Waals surface area contributed by atoms with Gasteiger partial charge in [0.2, 0.25) is 0 Å². The van der Waals surface area contributed by atoms with Gasteiger partial charge in [-0.2, -0.15) is 0 Å². The van der Waals surface area contributed by atoms with Crippen LogP contribution in [0.2, 0.25) is 0 Å². The molecule has 4 aromatic rings. The molecule has 0 spiro atoms. The molecule has 0 N–H and O–H groups in total. The summed E-state index contributed by atoms with van der Waals surface area (Å²) in [5, 5.41) is 0.977. The number of ether oxygens (including phenoxy) is 1. The summed E-state index contributed by atoms with van der Waals surface area (Å²) >= 11 is 0. The van der Waals surface area contributed by atoms with E-state index in [2.05, 4.69) is 0 Å². The van der Waals surface area contributed by atoms with Gasteiger partial charge in [-0.3, -0.25) is 4.79 Å². The zero-order valence-electron chi connectivity index (χ0n) is 12.9. The molecule has 4 nitrogen and oxygen atoms in total. The van der Waals surface area contributed by atoms with Crippen molar-refractivity contribution >= 4 is 22.8 Å². The Hall–Kier alpha value is -3.01. The summed E-state index contributed by atoms with van der Waals surface area (Å²) < 4.78 is 13.1. The molecule has 4 rings (SSSR count). The molecule has 3 heterocycles. The van der Waals surface area contributed by atoms with Gasteiger partial charge in [0.1, 0.15) is 17.1 Å². The fourth-order valence-corrected chi connectivity index (χ4v) is 2.95. The SMILES string of the molecule is COc1ccc2cc(-c3cc4c(C)cccn4c3C=O)oc2c1. The van der Waals surface area contributed by atoms with Gasteiger partial charge in [0.25, 0.3) is 0 Å². The number of rotatable bonds is 3. The molecule has 0 aliphatic carbocycles. The minimum absolute atomic E-state index is 0.592. The van der Waals surface area contributed by atoms with Gasteiger partial charge in [0.05, 0.1) is 12.8 Å². The number of fused-ring (bicyclic) bond motifs is 2. The monoisotopic (exact) mass is 305 g/mol. The first kappa shape index (κ1) is 13.6. The van der Waals surface area contributed by atoms with Crippen LogP contribution in [0.5, 0.6) is 5.75 Å². The van der Waals surface area contributed by atoms with Crippen LogP contribution >= 0.6 is 0 Å². The Kier molecular flexibility index (Phi) is 2.98. The van der Waals surface area contributed by atoms with Crippen molar-refractivity contribution in [3.63, 3.8) is 0 Å². The lowest BCUT2D eigenvalue weighted by Gasteiger charge is -1.99. The van der Waals surface area contributed by atoms with E-state index in [1.165, 1.54) is 0 Å². The highest BCUT2D eigenvalue weighted by atomic mass is 16.5. The third kappa shape index (κ3) is 2.03. The Morgan fingerprint density at radius 3 is 2.83 bits per heavy atom. The number of carbonyl (C=O) groups excluding carboxylic acids is 1. The minimum atomic E-state index is 0.592. The fraction of sp³-hybridized carbons (Fsp3) is 0.105. The van der Waals surface area contributed by atoms with Crippen LogP contribution in [-0.2, 0) is 0 Å². The molecular weight excluding hydrogens is 290 g/mol. The molecule has 3 aromatic heterocycles. The molecule has 0 bridgehead atoms. The van der Waals surface area contributed by atoms with Crippen LogP contribution in [0.1, 0.15) is 16.1 Å². The first-order chi connectivity index (χ1) is 11.2. The normalized spacial score (nSPS) is 11.2. The van der Waals surface area contributed by atoms with E-state index in [4.69, 9.17) is 9.15 Å². The van der Waals surface area contributed by atoms with E-state index in [0.717, 1.165) is 39.6 Å². The first-order valence-electron chi connectivity index (χ1n) is 7.35. The van der Waals surface area contributed by atoms with Crippen molar-refractivity contribution in [1.29, 1.82) is 0 Å². The van der Waals surface area contributed by atoms with Crippen molar-refractivity contribution in [2.45, 2.75) is 6.92 Å². The van der Waals surface area contributed by atoms with Gasteiger partial charge in [-0.15, -0.1) is 0 Å². The highest BCUT2D eigenvalue weighted by Crippen LogP contribution is 2.33. The molecule has 0 saturated carbocycles. The third-order valence-corrected chi connectivity index (χ3v) is 4.17. The topological polar surface area (TPSA) is 43.9 Å². The Morgan fingerprint density at radius 1 is 1.17 bits per heavy atom.